The summed E-state index contributed by atoms with van der Waals surface area (Å²) >= 11 is 0. The number of nitrogens with zero attached hydrogens (tertiary/aromatic N) is 2. The summed E-state index contributed by atoms with van der Waals surface area (Å²) in [5.41, 5.74) is 0.351. The molecular weight excluding hydrogens is 354 g/mol. The van der Waals surface area contributed by atoms with Gasteiger partial charge in [-0.1, -0.05) is 24.2 Å². The van der Waals surface area contributed by atoms with E-state index in [4.69, 9.17) is 4.52 Å². The van der Waals surface area contributed by atoms with Gasteiger partial charge in [0, 0.05) is 24.7 Å². The number of nitrogens with one attached hydrogen (secondary N) is 1. The van der Waals surface area contributed by atoms with Gasteiger partial charge in [-0.25, -0.2) is 8.42 Å². The van der Waals surface area contributed by atoms with Crippen LogP contribution in [-0.4, -0.2) is 43.3 Å². The van der Waals surface area contributed by atoms with Gasteiger partial charge in [-0.2, -0.15) is 4.31 Å². The fraction of sp³-hybridized carbons (Fsp3) is 0.444. The van der Waals surface area contributed by atoms with Crippen LogP contribution < -0.4 is 5.32 Å². The highest BCUT2D eigenvalue weighted by molar-refractivity contribution is 7.89. The Kier molecular flexibility index (Phi) is 5.43. The van der Waals surface area contributed by atoms with E-state index in [1.165, 1.54) is 10.4 Å². The van der Waals surface area contributed by atoms with Crippen LogP contribution >= 0.6 is 0 Å². The van der Waals surface area contributed by atoms with Gasteiger partial charge in [0.25, 0.3) is 0 Å². The van der Waals surface area contributed by atoms with Gasteiger partial charge < -0.3 is 9.84 Å². The molecule has 1 aliphatic heterocycles. The van der Waals surface area contributed by atoms with E-state index in [-0.39, 0.29) is 17.2 Å². The molecule has 8 heteroatoms. The normalized spacial score (nSPS) is 16.5. The topological polar surface area (TPSA) is 92.5 Å². The molecule has 0 radical (unpaired) electrons. The summed E-state index contributed by atoms with van der Waals surface area (Å²) in [4.78, 5) is 12.6. The Hall–Kier alpha value is -2.19. The summed E-state index contributed by atoms with van der Waals surface area (Å²) in [6.07, 6.45) is 1.72. The Morgan fingerprint density at radius 1 is 1.31 bits per heavy atom. The molecule has 2 aromatic rings. The molecule has 0 saturated carbocycles. The lowest BCUT2D eigenvalue weighted by atomic mass is 10.0. The number of rotatable bonds is 6. The first-order chi connectivity index (χ1) is 12.4. The van der Waals surface area contributed by atoms with Crippen LogP contribution in [0.2, 0.25) is 0 Å². The summed E-state index contributed by atoms with van der Waals surface area (Å²) in [6, 6.07) is 7.90. The third-order valence-corrected chi connectivity index (χ3v) is 6.49. The van der Waals surface area contributed by atoms with Crippen molar-refractivity contribution < 1.29 is 17.7 Å². The number of hydrogen-bond acceptors (Lipinski definition) is 6. The van der Waals surface area contributed by atoms with Crippen LogP contribution in [0.3, 0.4) is 0 Å². The third-order valence-electron chi connectivity index (χ3n) is 4.59. The molecule has 1 N–H and O–H groups in total. The molecule has 0 amide bonds. The smallest absolute Gasteiger partial charge is 0.243 e. The zero-order valence-electron chi connectivity index (χ0n) is 14.9. The first kappa shape index (κ1) is 18.6. The van der Waals surface area contributed by atoms with Crippen molar-refractivity contribution >= 4 is 21.6 Å². The summed E-state index contributed by atoms with van der Waals surface area (Å²) in [5, 5.41) is 6.64. The van der Waals surface area contributed by atoms with Gasteiger partial charge in [-0.15, -0.1) is 0 Å². The highest BCUT2D eigenvalue weighted by atomic mass is 32.2. The van der Waals surface area contributed by atoms with E-state index in [2.05, 4.69) is 17.4 Å². The molecular formula is C18H23N3O4S. The van der Waals surface area contributed by atoms with E-state index in [0.717, 1.165) is 12.8 Å². The zero-order chi connectivity index (χ0) is 18.7. The number of aryl methyl sites for hydroxylation is 1. The van der Waals surface area contributed by atoms with Gasteiger partial charge in [0.1, 0.15) is 5.76 Å². The fourth-order valence-corrected chi connectivity index (χ4v) is 4.44. The van der Waals surface area contributed by atoms with E-state index in [1.807, 2.05) is 0 Å². The Bertz CT molecular complexity index is 883. The van der Waals surface area contributed by atoms with E-state index < -0.39 is 10.0 Å². The first-order valence-electron chi connectivity index (χ1n) is 8.67. The maximum absolute atomic E-state index is 12.8. The Morgan fingerprint density at radius 3 is 2.69 bits per heavy atom. The molecule has 2 heterocycles. The monoisotopic (exact) mass is 377 g/mol. The quantitative estimate of drug-likeness (QED) is 0.778. The van der Waals surface area contributed by atoms with Gasteiger partial charge in [0.05, 0.1) is 11.4 Å². The molecule has 140 valence electrons. The first-order valence-corrected chi connectivity index (χ1v) is 10.1. The molecule has 1 aromatic heterocycles. The molecule has 3 rings (SSSR count). The Morgan fingerprint density at radius 2 is 2.04 bits per heavy atom. The average molecular weight is 377 g/mol. The number of aromatic nitrogens is 1. The van der Waals surface area contributed by atoms with E-state index in [1.54, 1.807) is 31.2 Å². The van der Waals surface area contributed by atoms with Crippen molar-refractivity contribution in [3.05, 3.63) is 41.7 Å². The molecule has 0 spiro atoms. The van der Waals surface area contributed by atoms with Crippen LogP contribution in [-0.2, 0) is 10.0 Å². The lowest BCUT2D eigenvalue weighted by Gasteiger charge is -2.29. The van der Waals surface area contributed by atoms with E-state index in [0.29, 0.717) is 36.1 Å². The average Bonchev–Trinajstić information content (AvgIpc) is 3.05. The number of hydrogen-bond donors (Lipinski definition) is 1. The number of Topliss-reactive ketones (excluding diaryl/α,β-unsaturated/α-hetero) is 1. The van der Waals surface area contributed by atoms with Crippen molar-refractivity contribution in [3.8, 4) is 0 Å². The summed E-state index contributed by atoms with van der Waals surface area (Å²) < 4.78 is 32.1. The highest BCUT2D eigenvalue weighted by Gasteiger charge is 2.28. The van der Waals surface area contributed by atoms with Crippen LogP contribution in [0.5, 0.6) is 0 Å². The lowest BCUT2D eigenvalue weighted by Crippen LogP contribution is -2.37. The number of anilines is 1. The van der Waals surface area contributed by atoms with Crippen LogP contribution in [0.1, 0.15) is 35.9 Å². The van der Waals surface area contributed by atoms with Crippen LogP contribution in [0.25, 0.3) is 0 Å². The van der Waals surface area contributed by atoms with Gasteiger partial charge >= 0.3 is 0 Å². The number of benzene rings is 1. The highest BCUT2D eigenvalue weighted by Crippen LogP contribution is 2.24. The van der Waals surface area contributed by atoms with Crippen LogP contribution in [0.4, 0.5) is 5.82 Å². The third kappa shape index (κ3) is 4.13. The van der Waals surface area contributed by atoms with Crippen molar-refractivity contribution in [3.63, 3.8) is 0 Å². The Labute approximate surface area is 153 Å². The summed E-state index contributed by atoms with van der Waals surface area (Å²) in [7, 11) is -3.57. The van der Waals surface area contributed by atoms with Gasteiger partial charge in [-0.05, 0) is 37.8 Å². The van der Waals surface area contributed by atoms with Crippen molar-refractivity contribution in [2.75, 3.05) is 25.0 Å². The SMILES string of the molecule is Cc1cc(NCC(=O)c2cccc(S(=O)(=O)N3CCC(C)CC3)c2)no1. The Balaban J connectivity index is 1.71. The van der Waals surface area contributed by atoms with Crippen LogP contribution in [0, 0.1) is 12.8 Å². The molecule has 1 saturated heterocycles. The summed E-state index contributed by atoms with van der Waals surface area (Å²) in [5.74, 6) is 1.45. The van der Waals surface area contributed by atoms with Crippen molar-refractivity contribution in [1.29, 1.82) is 0 Å². The number of ketones is 1. The molecule has 0 aliphatic carbocycles. The second-order valence-corrected chi connectivity index (χ2v) is 8.65. The van der Waals surface area contributed by atoms with Crippen molar-refractivity contribution in [2.24, 2.45) is 5.92 Å². The lowest BCUT2D eigenvalue weighted by molar-refractivity contribution is 0.101. The van der Waals surface area contributed by atoms with Gasteiger partial charge in [-0.3, -0.25) is 4.79 Å². The molecule has 7 nitrogen and oxygen atoms in total. The largest absolute Gasteiger partial charge is 0.360 e. The molecule has 1 aromatic carbocycles. The molecule has 0 bridgehead atoms. The standard InChI is InChI=1S/C18H23N3O4S/c1-13-6-8-21(9-7-13)26(23,24)16-5-3-4-15(11-16)17(22)12-19-18-10-14(2)25-20-18/h3-5,10-11,13H,6-9,12H2,1-2H3,(H,19,20). The minimum atomic E-state index is -3.57. The predicted molar refractivity (Wildman–Crippen MR) is 97.7 cm³/mol. The fourth-order valence-electron chi connectivity index (χ4n) is 2.93. The maximum atomic E-state index is 12.8. The molecule has 0 unspecified atom stereocenters. The van der Waals surface area contributed by atoms with Crippen molar-refractivity contribution in [2.45, 2.75) is 31.6 Å². The molecule has 0 atom stereocenters. The van der Waals surface area contributed by atoms with Crippen molar-refractivity contribution in [1.82, 2.24) is 9.46 Å². The second-order valence-electron chi connectivity index (χ2n) is 6.71. The minimum Gasteiger partial charge on any atom is -0.360 e. The number of carbonyl (C=O) groups is 1. The molecule has 1 aliphatic rings. The van der Waals surface area contributed by atoms with Gasteiger partial charge in [0.15, 0.2) is 11.6 Å². The van der Waals surface area contributed by atoms with Crippen LogP contribution in [0.15, 0.2) is 39.8 Å². The molecule has 26 heavy (non-hydrogen) atoms. The van der Waals surface area contributed by atoms with E-state index in [9.17, 15) is 13.2 Å². The number of carbonyl (C=O) groups excluding carboxylic acids is 1. The summed E-state index contributed by atoms with van der Waals surface area (Å²) in [6.45, 7) is 4.95. The second kappa shape index (κ2) is 7.59. The predicted octanol–water partition coefficient (Wildman–Crippen LogP) is 2.70. The minimum absolute atomic E-state index is 0.0106. The van der Waals surface area contributed by atoms with E-state index >= 15 is 0 Å². The molecule has 1 fully saturated rings. The van der Waals surface area contributed by atoms with Gasteiger partial charge in [0.2, 0.25) is 10.0 Å². The number of sulfonamides is 1. The number of piperidine rings is 1. The zero-order valence-corrected chi connectivity index (χ0v) is 15.8. The maximum Gasteiger partial charge on any atom is 0.243 e.